The molecule has 2 amide bonds. The van der Waals surface area contributed by atoms with Crippen molar-refractivity contribution in [3.63, 3.8) is 0 Å². The Bertz CT molecular complexity index is 583. The Hall–Kier alpha value is -1.85. The van der Waals surface area contributed by atoms with Crippen molar-refractivity contribution in [1.82, 2.24) is 10.2 Å². The van der Waals surface area contributed by atoms with E-state index in [1.54, 1.807) is 23.3 Å². The van der Waals surface area contributed by atoms with E-state index in [-0.39, 0.29) is 12.1 Å². The molecule has 0 aliphatic rings. The van der Waals surface area contributed by atoms with Crippen LogP contribution in [0.25, 0.3) is 0 Å². The van der Waals surface area contributed by atoms with E-state index in [0.29, 0.717) is 6.54 Å². The molecule has 0 spiro atoms. The number of amides is 2. The van der Waals surface area contributed by atoms with Gasteiger partial charge in [-0.15, -0.1) is 0 Å². The number of benzene rings is 1. The third-order valence-corrected chi connectivity index (χ3v) is 4.15. The summed E-state index contributed by atoms with van der Waals surface area (Å²) in [5.41, 5.74) is 3.11. The summed E-state index contributed by atoms with van der Waals surface area (Å²) >= 11 is 1.64. The lowest BCUT2D eigenvalue weighted by Crippen LogP contribution is -2.30. The van der Waals surface area contributed by atoms with Crippen molar-refractivity contribution in [3.05, 3.63) is 52.2 Å². The SMILES string of the molecule is CNC(C)c1cccc(NC(=O)N(C)Cc2ccsc2)c1. The molecule has 0 aliphatic carbocycles. The second kappa shape index (κ2) is 7.24. The molecule has 1 aromatic heterocycles. The summed E-state index contributed by atoms with van der Waals surface area (Å²) in [5, 5.41) is 10.2. The van der Waals surface area contributed by atoms with Crippen LogP contribution in [-0.2, 0) is 6.54 Å². The molecule has 0 bridgehead atoms. The predicted octanol–water partition coefficient (Wildman–Crippen LogP) is 3.69. The first-order valence-electron chi connectivity index (χ1n) is 6.90. The fourth-order valence-electron chi connectivity index (χ4n) is 2.00. The van der Waals surface area contributed by atoms with E-state index in [4.69, 9.17) is 0 Å². The number of nitrogens with zero attached hydrogens (tertiary/aromatic N) is 1. The van der Waals surface area contributed by atoms with Gasteiger partial charge in [0.15, 0.2) is 0 Å². The van der Waals surface area contributed by atoms with Crippen LogP contribution in [-0.4, -0.2) is 25.0 Å². The van der Waals surface area contributed by atoms with Gasteiger partial charge in [-0.1, -0.05) is 12.1 Å². The Morgan fingerprint density at radius 3 is 2.86 bits per heavy atom. The maximum Gasteiger partial charge on any atom is 0.321 e. The summed E-state index contributed by atoms with van der Waals surface area (Å²) in [7, 11) is 3.72. The summed E-state index contributed by atoms with van der Waals surface area (Å²) in [6.07, 6.45) is 0. The zero-order chi connectivity index (χ0) is 15.2. The van der Waals surface area contributed by atoms with E-state index in [0.717, 1.165) is 16.8 Å². The minimum atomic E-state index is -0.101. The van der Waals surface area contributed by atoms with Crippen LogP contribution in [0.15, 0.2) is 41.1 Å². The standard InChI is InChI=1S/C16H21N3OS/c1-12(17-2)14-5-4-6-15(9-14)18-16(20)19(3)10-13-7-8-21-11-13/h4-9,11-12,17H,10H2,1-3H3,(H,18,20). The molecular weight excluding hydrogens is 282 g/mol. The van der Waals surface area contributed by atoms with Gasteiger partial charge in [0.05, 0.1) is 0 Å². The zero-order valence-electron chi connectivity index (χ0n) is 12.6. The van der Waals surface area contributed by atoms with Crippen LogP contribution in [0.4, 0.5) is 10.5 Å². The molecule has 2 aromatic rings. The van der Waals surface area contributed by atoms with E-state index in [1.165, 1.54) is 0 Å². The Kier molecular flexibility index (Phi) is 5.36. The third-order valence-electron chi connectivity index (χ3n) is 3.42. The molecule has 1 atom stereocenters. The third kappa shape index (κ3) is 4.31. The summed E-state index contributed by atoms with van der Waals surface area (Å²) < 4.78 is 0. The molecule has 1 unspecified atom stereocenters. The molecule has 2 N–H and O–H groups in total. The van der Waals surface area contributed by atoms with Crippen LogP contribution in [0, 0.1) is 0 Å². The van der Waals surface area contributed by atoms with Crippen LogP contribution < -0.4 is 10.6 Å². The summed E-state index contributed by atoms with van der Waals surface area (Å²) in [5.74, 6) is 0. The van der Waals surface area contributed by atoms with Crippen molar-refractivity contribution < 1.29 is 4.79 Å². The largest absolute Gasteiger partial charge is 0.323 e. The van der Waals surface area contributed by atoms with E-state index in [9.17, 15) is 4.79 Å². The highest BCUT2D eigenvalue weighted by Crippen LogP contribution is 2.17. The van der Waals surface area contributed by atoms with Crippen molar-refractivity contribution in [2.75, 3.05) is 19.4 Å². The van der Waals surface area contributed by atoms with Crippen molar-refractivity contribution in [2.24, 2.45) is 0 Å². The summed E-state index contributed by atoms with van der Waals surface area (Å²) in [6.45, 7) is 2.70. The zero-order valence-corrected chi connectivity index (χ0v) is 13.4. The van der Waals surface area contributed by atoms with Gasteiger partial charge in [0.1, 0.15) is 0 Å². The predicted molar refractivity (Wildman–Crippen MR) is 88.7 cm³/mol. The molecule has 1 aromatic carbocycles. The van der Waals surface area contributed by atoms with Crippen molar-refractivity contribution in [3.8, 4) is 0 Å². The fraction of sp³-hybridized carbons (Fsp3) is 0.312. The van der Waals surface area contributed by atoms with Gasteiger partial charge in [-0.05, 0) is 54.1 Å². The van der Waals surface area contributed by atoms with E-state index >= 15 is 0 Å². The van der Waals surface area contributed by atoms with Gasteiger partial charge in [-0.3, -0.25) is 0 Å². The summed E-state index contributed by atoms with van der Waals surface area (Å²) in [4.78, 5) is 13.9. The minimum absolute atomic E-state index is 0.101. The average Bonchev–Trinajstić information content (AvgIpc) is 2.99. The highest BCUT2D eigenvalue weighted by Gasteiger charge is 2.10. The molecule has 112 valence electrons. The van der Waals surface area contributed by atoms with Crippen molar-refractivity contribution >= 4 is 23.1 Å². The van der Waals surface area contributed by atoms with Gasteiger partial charge >= 0.3 is 6.03 Å². The maximum atomic E-state index is 12.2. The maximum absolute atomic E-state index is 12.2. The first kappa shape index (κ1) is 15.5. The quantitative estimate of drug-likeness (QED) is 0.884. The molecule has 0 fully saturated rings. The number of urea groups is 1. The summed E-state index contributed by atoms with van der Waals surface area (Å²) in [6, 6.07) is 10.1. The number of anilines is 1. The Balaban J connectivity index is 1.98. The van der Waals surface area contributed by atoms with E-state index < -0.39 is 0 Å². The molecule has 0 saturated heterocycles. The lowest BCUT2D eigenvalue weighted by atomic mass is 10.1. The normalized spacial score (nSPS) is 12.0. The monoisotopic (exact) mass is 303 g/mol. The molecule has 0 radical (unpaired) electrons. The molecule has 1 heterocycles. The number of rotatable bonds is 5. The van der Waals surface area contributed by atoms with Crippen LogP contribution in [0.2, 0.25) is 0 Å². The number of hydrogen-bond donors (Lipinski definition) is 2. The topological polar surface area (TPSA) is 44.4 Å². The molecule has 0 saturated carbocycles. The molecule has 4 nitrogen and oxygen atoms in total. The van der Waals surface area contributed by atoms with E-state index in [2.05, 4.69) is 22.9 Å². The number of carbonyl (C=O) groups excluding carboxylic acids is 1. The molecule has 0 aliphatic heterocycles. The first-order chi connectivity index (χ1) is 10.1. The molecule has 2 rings (SSSR count). The fourth-order valence-corrected chi connectivity index (χ4v) is 2.66. The minimum Gasteiger partial charge on any atom is -0.323 e. The van der Waals surface area contributed by atoms with Gasteiger partial charge in [-0.2, -0.15) is 11.3 Å². The van der Waals surface area contributed by atoms with E-state index in [1.807, 2.05) is 42.8 Å². The molecule has 5 heteroatoms. The second-order valence-electron chi connectivity index (χ2n) is 5.05. The highest BCUT2D eigenvalue weighted by atomic mass is 32.1. The molecular formula is C16H21N3OS. The van der Waals surface area contributed by atoms with Crippen LogP contribution in [0.3, 0.4) is 0 Å². The van der Waals surface area contributed by atoms with Gasteiger partial charge in [0, 0.05) is 25.3 Å². The van der Waals surface area contributed by atoms with Gasteiger partial charge in [0.25, 0.3) is 0 Å². The number of hydrogen-bond acceptors (Lipinski definition) is 3. The van der Waals surface area contributed by atoms with Crippen molar-refractivity contribution in [1.29, 1.82) is 0 Å². The van der Waals surface area contributed by atoms with Gasteiger partial charge < -0.3 is 15.5 Å². The highest BCUT2D eigenvalue weighted by molar-refractivity contribution is 7.07. The van der Waals surface area contributed by atoms with Crippen LogP contribution >= 0.6 is 11.3 Å². The Labute approximate surface area is 129 Å². The lowest BCUT2D eigenvalue weighted by molar-refractivity contribution is 0.221. The Morgan fingerprint density at radius 1 is 1.38 bits per heavy atom. The number of thiophene rings is 1. The lowest BCUT2D eigenvalue weighted by Gasteiger charge is -2.18. The van der Waals surface area contributed by atoms with Crippen LogP contribution in [0.1, 0.15) is 24.1 Å². The van der Waals surface area contributed by atoms with Crippen molar-refractivity contribution in [2.45, 2.75) is 19.5 Å². The smallest absolute Gasteiger partial charge is 0.321 e. The molecule has 21 heavy (non-hydrogen) atoms. The number of nitrogens with one attached hydrogen (secondary N) is 2. The second-order valence-corrected chi connectivity index (χ2v) is 5.83. The average molecular weight is 303 g/mol. The number of carbonyl (C=O) groups is 1. The first-order valence-corrected chi connectivity index (χ1v) is 7.85. The van der Waals surface area contributed by atoms with Gasteiger partial charge in [0.2, 0.25) is 0 Å². The Morgan fingerprint density at radius 2 is 2.19 bits per heavy atom. The van der Waals surface area contributed by atoms with Gasteiger partial charge in [-0.25, -0.2) is 4.79 Å². The van der Waals surface area contributed by atoms with Crippen LogP contribution in [0.5, 0.6) is 0 Å².